The molecule has 1 saturated heterocycles. The number of carbonyl (C=O) groups is 1. The molecule has 0 aromatic carbocycles. The number of terminal acetylenes is 1. The van der Waals surface area contributed by atoms with Crippen molar-refractivity contribution in [2.45, 2.75) is 44.6 Å². The summed E-state index contributed by atoms with van der Waals surface area (Å²) in [6.07, 6.45) is 10.6. The van der Waals surface area contributed by atoms with Gasteiger partial charge in [-0.2, -0.15) is 0 Å². The van der Waals surface area contributed by atoms with E-state index in [0.29, 0.717) is 6.54 Å². The predicted octanol–water partition coefficient (Wildman–Crippen LogP) is 1.48. The molecule has 1 heterocycles. The van der Waals surface area contributed by atoms with Gasteiger partial charge in [0.05, 0.1) is 0 Å². The Morgan fingerprint density at radius 1 is 1.47 bits per heavy atom. The van der Waals surface area contributed by atoms with E-state index in [0.717, 1.165) is 45.1 Å². The molecule has 1 fully saturated rings. The zero-order valence-electron chi connectivity index (χ0n) is 9.13. The minimum atomic E-state index is -0.216. The summed E-state index contributed by atoms with van der Waals surface area (Å²) >= 11 is 0. The molecule has 1 unspecified atom stereocenters. The number of carbonyl (C=O) groups excluding carboxylic acids is 1. The fraction of sp³-hybridized carbons (Fsp3) is 0.750. The van der Waals surface area contributed by atoms with E-state index in [2.05, 4.69) is 11.2 Å². The van der Waals surface area contributed by atoms with Crippen molar-refractivity contribution in [1.82, 2.24) is 5.32 Å². The molecule has 3 nitrogen and oxygen atoms in total. The van der Waals surface area contributed by atoms with Gasteiger partial charge in [0.1, 0.15) is 6.10 Å². The summed E-state index contributed by atoms with van der Waals surface area (Å²) in [6.45, 7) is 1.43. The summed E-state index contributed by atoms with van der Waals surface area (Å²) in [5.74, 6) is 2.62. The standard InChI is InChI=1S/C12H19NO2/c1-2-3-4-6-9-13-12(14)11-8-5-7-10-15-11/h1,11H,3-10H2,(H,13,14). The van der Waals surface area contributed by atoms with Crippen molar-refractivity contribution >= 4 is 5.91 Å². The van der Waals surface area contributed by atoms with Crippen LogP contribution in [0.4, 0.5) is 0 Å². The number of hydrogen-bond donors (Lipinski definition) is 1. The van der Waals surface area contributed by atoms with E-state index in [9.17, 15) is 4.79 Å². The third-order valence-electron chi connectivity index (χ3n) is 2.52. The van der Waals surface area contributed by atoms with E-state index >= 15 is 0 Å². The molecule has 0 radical (unpaired) electrons. The second-order valence-electron chi connectivity index (χ2n) is 3.81. The lowest BCUT2D eigenvalue weighted by atomic mass is 10.1. The summed E-state index contributed by atoms with van der Waals surface area (Å²) in [6, 6.07) is 0. The number of amides is 1. The molecule has 1 N–H and O–H groups in total. The highest BCUT2D eigenvalue weighted by Gasteiger charge is 2.20. The van der Waals surface area contributed by atoms with Crippen LogP contribution >= 0.6 is 0 Å². The van der Waals surface area contributed by atoms with Gasteiger partial charge in [0.2, 0.25) is 5.91 Å². The lowest BCUT2D eigenvalue weighted by Gasteiger charge is -2.21. The van der Waals surface area contributed by atoms with Crippen molar-refractivity contribution in [3.63, 3.8) is 0 Å². The SMILES string of the molecule is C#CCCCCNC(=O)C1CCCCO1. The summed E-state index contributed by atoms with van der Waals surface area (Å²) < 4.78 is 5.37. The second-order valence-corrected chi connectivity index (χ2v) is 3.81. The Morgan fingerprint density at radius 2 is 2.33 bits per heavy atom. The molecule has 15 heavy (non-hydrogen) atoms. The summed E-state index contributed by atoms with van der Waals surface area (Å²) in [4.78, 5) is 11.6. The molecular formula is C12H19NO2. The third kappa shape index (κ3) is 4.85. The highest BCUT2D eigenvalue weighted by atomic mass is 16.5. The van der Waals surface area contributed by atoms with Crippen molar-refractivity contribution in [2.24, 2.45) is 0 Å². The van der Waals surface area contributed by atoms with Gasteiger partial charge in [-0.1, -0.05) is 0 Å². The van der Waals surface area contributed by atoms with Crippen molar-refractivity contribution in [2.75, 3.05) is 13.2 Å². The van der Waals surface area contributed by atoms with Crippen LogP contribution in [0.5, 0.6) is 0 Å². The Hall–Kier alpha value is -1.01. The second kappa shape index (κ2) is 7.30. The maximum Gasteiger partial charge on any atom is 0.249 e. The Bertz CT molecular complexity index is 226. The van der Waals surface area contributed by atoms with Crippen molar-refractivity contribution in [3.05, 3.63) is 0 Å². The minimum Gasteiger partial charge on any atom is -0.368 e. The summed E-state index contributed by atoms with van der Waals surface area (Å²) in [5.41, 5.74) is 0. The van der Waals surface area contributed by atoms with Crippen LogP contribution in [0.15, 0.2) is 0 Å². The largest absolute Gasteiger partial charge is 0.368 e. The first-order valence-electron chi connectivity index (χ1n) is 5.67. The molecule has 0 saturated carbocycles. The highest BCUT2D eigenvalue weighted by molar-refractivity contribution is 5.80. The van der Waals surface area contributed by atoms with Crippen LogP contribution in [0.1, 0.15) is 38.5 Å². The van der Waals surface area contributed by atoms with Crippen LogP contribution in [-0.4, -0.2) is 25.2 Å². The van der Waals surface area contributed by atoms with Crippen LogP contribution in [0, 0.1) is 12.3 Å². The highest BCUT2D eigenvalue weighted by Crippen LogP contribution is 2.12. The molecule has 1 aliphatic heterocycles. The minimum absolute atomic E-state index is 0.0374. The average molecular weight is 209 g/mol. The van der Waals surface area contributed by atoms with Crippen LogP contribution in [0.25, 0.3) is 0 Å². The zero-order chi connectivity index (χ0) is 10.9. The Morgan fingerprint density at radius 3 is 3.00 bits per heavy atom. The molecule has 0 bridgehead atoms. The van der Waals surface area contributed by atoms with Gasteiger partial charge in [-0.25, -0.2) is 0 Å². The fourth-order valence-corrected chi connectivity index (χ4v) is 1.62. The molecule has 0 aromatic heterocycles. The van der Waals surface area contributed by atoms with E-state index in [-0.39, 0.29) is 12.0 Å². The zero-order valence-corrected chi connectivity index (χ0v) is 9.13. The molecule has 1 rings (SSSR count). The maximum absolute atomic E-state index is 11.6. The van der Waals surface area contributed by atoms with E-state index in [1.807, 2.05) is 0 Å². The molecule has 1 atom stereocenters. The lowest BCUT2D eigenvalue weighted by molar-refractivity contribution is -0.135. The van der Waals surface area contributed by atoms with E-state index in [4.69, 9.17) is 11.2 Å². The van der Waals surface area contributed by atoms with Gasteiger partial charge in [-0.3, -0.25) is 4.79 Å². The van der Waals surface area contributed by atoms with Gasteiger partial charge in [0, 0.05) is 19.6 Å². The van der Waals surface area contributed by atoms with Gasteiger partial charge >= 0.3 is 0 Å². The average Bonchev–Trinajstić information content (AvgIpc) is 2.30. The molecule has 3 heteroatoms. The van der Waals surface area contributed by atoms with Gasteiger partial charge < -0.3 is 10.1 Å². The van der Waals surface area contributed by atoms with Gasteiger partial charge in [0.25, 0.3) is 0 Å². The quantitative estimate of drug-likeness (QED) is 0.550. The number of hydrogen-bond acceptors (Lipinski definition) is 2. The van der Waals surface area contributed by atoms with E-state index in [1.54, 1.807) is 0 Å². The van der Waals surface area contributed by atoms with Crippen LogP contribution < -0.4 is 5.32 Å². The number of unbranched alkanes of at least 4 members (excludes halogenated alkanes) is 2. The number of ether oxygens (including phenoxy) is 1. The molecule has 0 aromatic rings. The molecule has 1 aliphatic rings. The normalized spacial score (nSPS) is 20.6. The van der Waals surface area contributed by atoms with Crippen LogP contribution in [0.2, 0.25) is 0 Å². The molecule has 1 amide bonds. The Labute approximate surface area is 91.6 Å². The van der Waals surface area contributed by atoms with E-state index < -0.39 is 0 Å². The van der Waals surface area contributed by atoms with Gasteiger partial charge in [-0.05, 0) is 32.1 Å². The number of rotatable bonds is 5. The Balaban J connectivity index is 2.05. The molecule has 0 aliphatic carbocycles. The Kier molecular flexibility index (Phi) is 5.87. The first-order valence-corrected chi connectivity index (χ1v) is 5.67. The molecule has 84 valence electrons. The van der Waals surface area contributed by atoms with Crippen LogP contribution in [-0.2, 0) is 9.53 Å². The maximum atomic E-state index is 11.6. The third-order valence-corrected chi connectivity index (χ3v) is 2.52. The predicted molar refractivity (Wildman–Crippen MR) is 59.3 cm³/mol. The topological polar surface area (TPSA) is 38.3 Å². The van der Waals surface area contributed by atoms with Gasteiger partial charge in [0.15, 0.2) is 0 Å². The first-order chi connectivity index (χ1) is 7.34. The van der Waals surface area contributed by atoms with Crippen molar-refractivity contribution in [1.29, 1.82) is 0 Å². The molecule has 0 spiro atoms. The van der Waals surface area contributed by atoms with Crippen molar-refractivity contribution in [3.8, 4) is 12.3 Å². The van der Waals surface area contributed by atoms with Crippen molar-refractivity contribution < 1.29 is 9.53 Å². The van der Waals surface area contributed by atoms with Gasteiger partial charge in [-0.15, -0.1) is 12.3 Å². The lowest BCUT2D eigenvalue weighted by Crippen LogP contribution is -2.38. The molecular weight excluding hydrogens is 190 g/mol. The van der Waals surface area contributed by atoms with Crippen LogP contribution in [0.3, 0.4) is 0 Å². The smallest absolute Gasteiger partial charge is 0.249 e. The summed E-state index contributed by atoms with van der Waals surface area (Å²) in [7, 11) is 0. The number of nitrogens with one attached hydrogen (secondary N) is 1. The fourth-order valence-electron chi connectivity index (χ4n) is 1.62. The first kappa shape index (κ1) is 12.1. The van der Waals surface area contributed by atoms with E-state index in [1.165, 1.54) is 0 Å². The summed E-state index contributed by atoms with van der Waals surface area (Å²) in [5, 5.41) is 2.88. The monoisotopic (exact) mass is 209 g/mol.